The van der Waals surface area contributed by atoms with E-state index in [2.05, 4.69) is 10.2 Å². The van der Waals surface area contributed by atoms with Crippen LogP contribution in [0.2, 0.25) is 0 Å². The number of likely N-dealkylation sites (tertiary alicyclic amines) is 1. The smallest absolute Gasteiger partial charge is 0.217 e. The molecule has 1 amide bonds. The van der Waals surface area contributed by atoms with Crippen LogP contribution in [-0.4, -0.2) is 40.2 Å². The molecule has 1 fully saturated rings. The number of phenols is 2. The number of rotatable bonds is 3. The lowest BCUT2D eigenvalue weighted by molar-refractivity contribution is -0.120. The Balaban J connectivity index is 2.01. The molecule has 1 atom stereocenters. The SMILES string of the molecule is CC(=O)NC1CCN(C(C)c2c(O)cccc2O)CC1. The minimum atomic E-state index is -0.0468. The topological polar surface area (TPSA) is 72.8 Å². The van der Waals surface area contributed by atoms with Crippen LogP contribution in [0.4, 0.5) is 0 Å². The summed E-state index contributed by atoms with van der Waals surface area (Å²) >= 11 is 0. The van der Waals surface area contributed by atoms with Crippen LogP contribution in [0.25, 0.3) is 0 Å². The minimum absolute atomic E-state index is 0.00912. The standard InChI is InChI=1S/C15H22N2O3/c1-10(15-13(19)4-3-5-14(15)20)17-8-6-12(7-9-17)16-11(2)18/h3-5,10,12,19-20H,6-9H2,1-2H3,(H,16,18). The van der Waals surface area contributed by atoms with Crippen molar-refractivity contribution in [3.05, 3.63) is 23.8 Å². The first kappa shape index (κ1) is 14.7. The molecule has 1 aromatic rings. The average Bonchev–Trinajstić information content (AvgIpc) is 2.38. The highest BCUT2D eigenvalue weighted by Crippen LogP contribution is 2.36. The van der Waals surface area contributed by atoms with Crippen molar-refractivity contribution in [1.29, 1.82) is 0 Å². The largest absolute Gasteiger partial charge is 0.507 e. The van der Waals surface area contributed by atoms with Crippen LogP contribution in [-0.2, 0) is 4.79 Å². The van der Waals surface area contributed by atoms with E-state index < -0.39 is 0 Å². The van der Waals surface area contributed by atoms with Crippen LogP contribution in [0, 0.1) is 0 Å². The first-order chi connectivity index (χ1) is 9.49. The predicted octanol–water partition coefficient (Wildman–Crippen LogP) is 1.76. The summed E-state index contributed by atoms with van der Waals surface area (Å²) in [7, 11) is 0. The third kappa shape index (κ3) is 3.22. The number of benzene rings is 1. The molecule has 1 aliphatic heterocycles. The maximum absolute atomic E-state index is 11.0. The first-order valence-electron chi connectivity index (χ1n) is 7.01. The molecule has 110 valence electrons. The summed E-state index contributed by atoms with van der Waals surface area (Å²) in [6.07, 6.45) is 1.77. The second kappa shape index (κ2) is 6.13. The van der Waals surface area contributed by atoms with Crippen LogP contribution in [0.3, 0.4) is 0 Å². The van der Waals surface area contributed by atoms with Gasteiger partial charge in [-0.2, -0.15) is 0 Å². The monoisotopic (exact) mass is 278 g/mol. The molecule has 2 rings (SSSR count). The summed E-state index contributed by atoms with van der Waals surface area (Å²) in [4.78, 5) is 13.3. The Bertz CT molecular complexity index is 462. The van der Waals surface area contributed by atoms with E-state index in [1.54, 1.807) is 18.2 Å². The molecule has 0 saturated carbocycles. The van der Waals surface area contributed by atoms with Gasteiger partial charge in [-0.05, 0) is 31.9 Å². The highest BCUT2D eigenvalue weighted by molar-refractivity contribution is 5.73. The van der Waals surface area contributed by atoms with Crippen molar-refractivity contribution in [3.8, 4) is 11.5 Å². The van der Waals surface area contributed by atoms with Crippen molar-refractivity contribution < 1.29 is 15.0 Å². The Labute approximate surface area is 119 Å². The number of nitrogens with one attached hydrogen (secondary N) is 1. The summed E-state index contributed by atoms with van der Waals surface area (Å²) < 4.78 is 0. The van der Waals surface area contributed by atoms with Crippen LogP contribution < -0.4 is 5.32 Å². The van der Waals surface area contributed by atoms with E-state index in [1.165, 1.54) is 6.92 Å². The summed E-state index contributed by atoms with van der Waals surface area (Å²) in [5.74, 6) is 0.262. The van der Waals surface area contributed by atoms with Crippen LogP contribution in [0.1, 0.15) is 38.3 Å². The highest BCUT2D eigenvalue weighted by Gasteiger charge is 2.26. The third-order valence-electron chi connectivity index (χ3n) is 3.96. The fraction of sp³-hybridized carbons (Fsp3) is 0.533. The van der Waals surface area contributed by atoms with E-state index in [0.717, 1.165) is 25.9 Å². The molecular formula is C15H22N2O3. The van der Waals surface area contributed by atoms with Gasteiger partial charge >= 0.3 is 0 Å². The van der Waals surface area contributed by atoms with Crippen molar-refractivity contribution >= 4 is 5.91 Å². The molecule has 5 heteroatoms. The van der Waals surface area contributed by atoms with Crippen LogP contribution >= 0.6 is 0 Å². The van der Waals surface area contributed by atoms with Gasteiger partial charge in [0.15, 0.2) is 0 Å². The number of amides is 1. The summed E-state index contributed by atoms with van der Waals surface area (Å²) in [5.41, 5.74) is 0.575. The molecule has 1 unspecified atom stereocenters. The Morgan fingerprint density at radius 1 is 1.30 bits per heavy atom. The lowest BCUT2D eigenvalue weighted by Crippen LogP contribution is -2.44. The molecule has 1 aliphatic rings. The predicted molar refractivity (Wildman–Crippen MR) is 76.6 cm³/mol. The minimum Gasteiger partial charge on any atom is -0.507 e. The normalized spacial score (nSPS) is 18.7. The second-order valence-corrected chi connectivity index (χ2v) is 5.40. The molecule has 0 aliphatic carbocycles. The van der Waals surface area contributed by atoms with Crippen molar-refractivity contribution in [2.24, 2.45) is 0 Å². The molecular weight excluding hydrogens is 256 g/mol. The second-order valence-electron chi connectivity index (χ2n) is 5.40. The summed E-state index contributed by atoms with van der Waals surface area (Å²) in [6.45, 7) is 5.18. The Hall–Kier alpha value is -1.75. The lowest BCUT2D eigenvalue weighted by Gasteiger charge is -2.36. The number of piperidine rings is 1. The first-order valence-corrected chi connectivity index (χ1v) is 7.01. The molecule has 3 N–H and O–H groups in total. The number of nitrogens with zero attached hydrogens (tertiary/aromatic N) is 1. The van der Waals surface area contributed by atoms with E-state index in [1.807, 2.05) is 6.92 Å². The van der Waals surface area contributed by atoms with Gasteiger partial charge in [-0.3, -0.25) is 9.69 Å². The molecule has 20 heavy (non-hydrogen) atoms. The van der Waals surface area contributed by atoms with Gasteiger partial charge in [0, 0.05) is 32.1 Å². The van der Waals surface area contributed by atoms with Crippen molar-refractivity contribution in [2.45, 2.75) is 38.8 Å². The quantitative estimate of drug-likeness (QED) is 0.787. The molecule has 0 bridgehead atoms. The van der Waals surface area contributed by atoms with Gasteiger partial charge in [-0.25, -0.2) is 0 Å². The number of aromatic hydroxyl groups is 2. The fourth-order valence-electron chi connectivity index (χ4n) is 2.87. The zero-order valence-corrected chi connectivity index (χ0v) is 12.0. The van der Waals surface area contributed by atoms with Crippen molar-refractivity contribution in [1.82, 2.24) is 10.2 Å². The molecule has 1 saturated heterocycles. The van der Waals surface area contributed by atoms with Crippen LogP contribution in [0.5, 0.6) is 11.5 Å². The summed E-state index contributed by atoms with van der Waals surface area (Å²) in [5, 5.41) is 22.8. The molecule has 1 aromatic carbocycles. The van der Waals surface area contributed by atoms with Gasteiger partial charge in [0.25, 0.3) is 0 Å². The Morgan fingerprint density at radius 2 is 1.85 bits per heavy atom. The Morgan fingerprint density at radius 3 is 2.35 bits per heavy atom. The number of phenolic OH excluding ortho intramolecular Hbond substituents is 2. The molecule has 1 heterocycles. The van der Waals surface area contributed by atoms with E-state index in [4.69, 9.17) is 0 Å². The number of carbonyl (C=O) groups excluding carboxylic acids is 1. The molecule has 0 aromatic heterocycles. The van der Waals surface area contributed by atoms with Gasteiger partial charge in [-0.15, -0.1) is 0 Å². The summed E-state index contributed by atoms with van der Waals surface area (Å²) in [6, 6.07) is 5.00. The van der Waals surface area contributed by atoms with E-state index in [9.17, 15) is 15.0 Å². The lowest BCUT2D eigenvalue weighted by atomic mass is 9.99. The van der Waals surface area contributed by atoms with Crippen LogP contribution in [0.15, 0.2) is 18.2 Å². The average molecular weight is 278 g/mol. The Kier molecular flexibility index (Phi) is 4.49. The maximum atomic E-state index is 11.0. The van der Waals surface area contributed by atoms with Gasteiger partial charge in [0.2, 0.25) is 5.91 Å². The van der Waals surface area contributed by atoms with Gasteiger partial charge < -0.3 is 15.5 Å². The zero-order valence-electron chi connectivity index (χ0n) is 12.0. The van der Waals surface area contributed by atoms with Crippen molar-refractivity contribution in [2.75, 3.05) is 13.1 Å². The molecule has 0 spiro atoms. The van der Waals surface area contributed by atoms with E-state index in [0.29, 0.717) is 5.56 Å². The third-order valence-corrected chi connectivity index (χ3v) is 3.96. The zero-order chi connectivity index (χ0) is 14.7. The number of carbonyl (C=O) groups is 1. The van der Waals surface area contributed by atoms with Gasteiger partial charge in [-0.1, -0.05) is 6.07 Å². The number of hydrogen-bond donors (Lipinski definition) is 3. The maximum Gasteiger partial charge on any atom is 0.217 e. The molecule has 5 nitrogen and oxygen atoms in total. The van der Waals surface area contributed by atoms with E-state index >= 15 is 0 Å². The van der Waals surface area contributed by atoms with E-state index in [-0.39, 0.29) is 29.5 Å². The number of hydrogen-bond acceptors (Lipinski definition) is 4. The molecule has 0 radical (unpaired) electrons. The van der Waals surface area contributed by atoms with Gasteiger partial charge in [0.1, 0.15) is 11.5 Å². The van der Waals surface area contributed by atoms with Crippen molar-refractivity contribution in [3.63, 3.8) is 0 Å². The fourth-order valence-corrected chi connectivity index (χ4v) is 2.87. The van der Waals surface area contributed by atoms with Gasteiger partial charge in [0.05, 0.1) is 5.56 Å². The highest BCUT2D eigenvalue weighted by atomic mass is 16.3.